The molecule has 1 amide bonds. The van der Waals surface area contributed by atoms with E-state index in [2.05, 4.69) is 47.0 Å². The normalized spacial score (nSPS) is 21.4. The molecule has 6 heteroatoms. The minimum Gasteiger partial charge on any atom is -0.348 e. The first kappa shape index (κ1) is 17.6. The number of imidazole rings is 1. The summed E-state index contributed by atoms with van der Waals surface area (Å²) in [4.78, 5) is 23.5. The van der Waals surface area contributed by atoms with E-state index in [9.17, 15) is 4.79 Å². The fraction of sp³-hybridized carbons (Fsp3) is 0.526. The van der Waals surface area contributed by atoms with Crippen molar-refractivity contribution < 1.29 is 4.79 Å². The molecule has 25 heavy (non-hydrogen) atoms. The second kappa shape index (κ2) is 7.78. The second-order valence-corrected chi connectivity index (χ2v) is 7.20. The molecule has 134 valence electrons. The Labute approximate surface area is 149 Å². The molecule has 2 aromatic rings. The van der Waals surface area contributed by atoms with Gasteiger partial charge in [0.1, 0.15) is 5.69 Å². The standard InChI is InChI=1S/C19H27N5O/c1-14(2)24-12-18(21-13-24)19(25)22-17-7-9-23(10-15(17)3)11-16-6-4-5-8-20-16/h4-6,8,12-15,17H,7,9-11H2,1-3H3,(H,22,25)/t15-,17+/m1/s1. The molecule has 0 bridgehead atoms. The third kappa shape index (κ3) is 4.45. The van der Waals surface area contributed by atoms with Gasteiger partial charge in [-0.3, -0.25) is 14.7 Å². The van der Waals surface area contributed by atoms with Crippen molar-refractivity contribution in [1.82, 2.24) is 24.8 Å². The number of piperidine rings is 1. The molecule has 3 rings (SSSR count). The molecule has 3 heterocycles. The molecule has 1 saturated heterocycles. The predicted molar refractivity (Wildman–Crippen MR) is 97.2 cm³/mol. The summed E-state index contributed by atoms with van der Waals surface area (Å²) in [5.41, 5.74) is 1.59. The van der Waals surface area contributed by atoms with Crippen LogP contribution in [0.3, 0.4) is 0 Å². The van der Waals surface area contributed by atoms with Crippen molar-refractivity contribution in [3.8, 4) is 0 Å². The summed E-state index contributed by atoms with van der Waals surface area (Å²) >= 11 is 0. The van der Waals surface area contributed by atoms with Crippen LogP contribution in [0.5, 0.6) is 0 Å². The van der Waals surface area contributed by atoms with Gasteiger partial charge in [-0.2, -0.15) is 0 Å². The number of hydrogen-bond donors (Lipinski definition) is 1. The van der Waals surface area contributed by atoms with Crippen molar-refractivity contribution in [2.75, 3.05) is 13.1 Å². The molecule has 0 aromatic carbocycles. The van der Waals surface area contributed by atoms with Gasteiger partial charge in [-0.15, -0.1) is 0 Å². The van der Waals surface area contributed by atoms with E-state index in [1.54, 1.807) is 6.33 Å². The van der Waals surface area contributed by atoms with E-state index in [1.165, 1.54) is 0 Å². The molecule has 0 radical (unpaired) electrons. The largest absolute Gasteiger partial charge is 0.348 e. The maximum absolute atomic E-state index is 12.5. The highest BCUT2D eigenvalue weighted by atomic mass is 16.2. The van der Waals surface area contributed by atoms with E-state index in [-0.39, 0.29) is 11.9 Å². The molecule has 2 atom stereocenters. The summed E-state index contributed by atoms with van der Waals surface area (Å²) in [6, 6.07) is 6.52. The molecule has 0 saturated carbocycles. The molecule has 0 aliphatic carbocycles. The van der Waals surface area contributed by atoms with E-state index >= 15 is 0 Å². The van der Waals surface area contributed by atoms with Crippen LogP contribution in [0, 0.1) is 5.92 Å². The molecule has 6 nitrogen and oxygen atoms in total. The SMILES string of the molecule is CC(C)n1cnc(C(=O)N[C@H]2CCN(Cc3ccccn3)C[C@H]2C)c1. The number of rotatable bonds is 5. The Balaban J connectivity index is 1.53. The fourth-order valence-corrected chi connectivity index (χ4v) is 3.29. The van der Waals surface area contributed by atoms with Crippen LogP contribution in [0.2, 0.25) is 0 Å². The quantitative estimate of drug-likeness (QED) is 0.908. The molecule has 1 aliphatic rings. The van der Waals surface area contributed by atoms with Crippen LogP contribution >= 0.6 is 0 Å². The molecular formula is C19H27N5O. The molecule has 1 aliphatic heterocycles. The second-order valence-electron chi connectivity index (χ2n) is 7.20. The van der Waals surface area contributed by atoms with Crippen LogP contribution in [-0.4, -0.2) is 44.5 Å². The molecule has 2 aromatic heterocycles. The van der Waals surface area contributed by atoms with Crippen LogP contribution in [0.15, 0.2) is 36.9 Å². The zero-order valence-electron chi connectivity index (χ0n) is 15.2. The lowest BCUT2D eigenvalue weighted by Gasteiger charge is -2.37. The van der Waals surface area contributed by atoms with Gasteiger partial charge in [0.15, 0.2) is 0 Å². The Morgan fingerprint density at radius 3 is 2.84 bits per heavy atom. The van der Waals surface area contributed by atoms with E-state index in [4.69, 9.17) is 0 Å². The monoisotopic (exact) mass is 341 g/mol. The van der Waals surface area contributed by atoms with Crippen LogP contribution in [0.25, 0.3) is 0 Å². The van der Waals surface area contributed by atoms with Crippen molar-refractivity contribution in [3.05, 3.63) is 48.3 Å². The van der Waals surface area contributed by atoms with Crippen LogP contribution in [0.1, 0.15) is 49.4 Å². The summed E-state index contributed by atoms with van der Waals surface area (Å²) in [6.07, 6.45) is 6.33. The summed E-state index contributed by atoms with van der Waals surface area (Å²) in [5.74, 6) is 0.322. The van der Waals surface area contributed by atoms with Gasteiger partial charge >= 0.3 is 0 Å². The summed E-state index contributed by atoms with van der Waals surface area (Å²) in [7, 11) is 0. The van der Waals surface area contributed by atoms with Gasteiger partial charge in [0.25, 0.3) is 5.91 Å². The Bertz CT molecular complexity index is 697. The molecule has 1 N–H and O–H groups in total. The average Bonchev–Trinajstić information content (AvgIpc) is 3.09. The zero-order valence-corrected chi connectivity index (χ0v) is 15.2. The first-order chi connectivity index (χ1) is 12.0. The van der Waals surface area contributed by atoms with Gasteiger partial charge in [0.05, 0.1) is 12.0 Å². The highest BCUT2D eigenvalue weighted by molar-refractivity contribution is 5.92. The first-order valence-corrected chi connectivity index (χ1v) is 8.99. The highest BCUT2D eigenvalue weighted by Crippen LogP contribution is 2.19. The third-order valence-electron chi connectivity index (χ3n) is 4.85. The fourth-order valence-electron chi connectivity index (χ4n) is 3.29. The van der Waals surface area contributed by atoms with Crippen molar-refractivity contribution >= 4 is 5.91 Å². The van der Waals surface area contributed by atoms with Gasteiger partial charge < -0.3 is 9.88 Å². The van der Waals surface area contributed by atoms with Crippen LogP contribution in [-0.2, 0) is 6.54 Å². The average molecular weight is 341 g/mol. The van der Waals surface area contributed by atoms with Crippen molar-refractivity contribution in [3.63, 3.8) is 0 Å². The summed E-state index contributed by atoms with van der Waals surface area (Å²) < 4.78 is 1.95. The van der Waals surface area contributed by atoms with E-state index in [0.29, 0.717) is 17.7 Å². The number of aromatic nitrogens is 3. The lowest BCUT2D eigenvalue weighted by molar-refractivity contribution is 0.0855. The lowest BCUT2D eigenvalue weighted by atomic mass is 9.93. The number of nitrogens with one attached hydrogen (secondary N) is 1. The van der Waals surface area contributed by atoms with Gasteiger partial charge in [0, 0.05) is 44.1 Å². The minimum atomic E-state index is -0.0746. The van der Waals surface area contributed by atoms with Crippen LogP contribution < -0.4 is 5.32 Å². The Hall–Kier alpha value is -2.21. The lowest BCUT2D eigenvalue weighted by Crippen LogP contribution is -2.49. The molecular weight excluding hydrogens is 314 g/mol. The summed E-state index contributed by atoms with van der Waals surface area (Å²) in [6.45, 7) is 9.13. The molecule has 0 spiro atoms. The van der Waals surface area contributed by atoms with Gasteiger partial charge in [-0.05, 0) is 38.3 Å². The topological polar surface area (TPSA) is 63.1 Å². The van der Waals surface area contributed by atoms with E-state index in [1.807, 2.05) is 29.1 Å². The number of likely N-dealkylation sites (tertiary alicyclic amines) is 1. The Kier molecular flexibility index (Phi) is 5.48. The number of carbonyl (C=O) groups excluding carboxylic acids is 1. The third-order valence-corrected chi connectivity index (χ3v) is 4.85. The number of hydrogen-bond acceptors (Lipinski definition) is 4. The Morgan fingerprint density at radius 2 is 2.20 bits per heavy atom. The number of pyridine rings is 1. The van der Waals surface area contributed by atoms with Crippen molar-refractivity contribution in [2.24, 2.45) is 5.92 Å². The molecule has 1 fully saturated rings. The van der Waals surface area contributed by atoms with Gasteiger partial charge in [0.2, 0.25) is 0 Å². The van der Waals surface area contributed by atoms with E-state index < -0.39 is 0 Å². The smallest absolute Gasteiger partial charge is 0.271 e. The summed E-state index contributed by atoms with van der Waals surface area (Å²) in [5, 5.41) is 3.16. The maximum Gasteiger partial charge on any atom is 0.271 e. The number of amides is 1. The zero-order chi connectivity index (χ0) is 17.8. The number of nitrogens with zero attached hydrogens (tertiary/aromatic N) is 4. The Morgan fingerprint density at radius 1 is 1.36 bits per heavy atom. The molecule has 0 unspecified atom stereocenters. The van der Waals surface area contributed by atoms with E-state index in [0.717, 1.165) is 31.7 Å². The predicted octanol–water partition coefficient (Wildman–Crippen LogP) is 2.50. The van der Waals surface area contributed by atoms with Crippen molar-refractivity contribution in [1.29, 1.82) is 0 Å². The van der Waals surface area contributed by atoms with Crippen LogP contribution in [0.4, 0.5) is 0 Å². The van der Waals surface area contributed by atoms with Gasteiger partial charge in [-0.25, -0.2) is 4.98 Å². The van der Waals surface area contributed by atoms with Gasteiger partial charge in [-0.1, -0.05) is 13.0 Å². The maximum atomic E-state index is 12.5. The number of carbonyl (C=O) groups is 1. The minimum absolute atomic E-state index is 0.0746. The first-order valence-electron chi connectivity index (χ1n) is 8.99. The highest BCUT2D eigenvalue weighted by Gasteiger charge is 2.28. The van der Waals surface area contributed by atoms with Crippen molar-refractivity contribution in [2.45, 2.75) is 45.8 Å².